The van der Waals surface area contributed by atoms with Gasteiger partial charge in [0, 0.05) is 18.3 Å². The van der Waals surface area contributed by atoms with Crippen LogP contribution in [0.2, 0.25) is 5.02 Å². The summed E-state index contributed by atoms with van der Waals surface area (Å²) in [4.78, 5) is 17.0. The number of hydrogen-bond donors (Lipinski definition) is 0. The highest BCUT2D eigenvalue weighted by Crippen LogP contribution is 2.26. The molecule has 0 saturated heterocycles. The van der Waals surface area contributed by atoms with Crippen LogP contribution in [0.5, 0.6) is 5.75 Å². The molecule has 0 aliphatic heterocycles. The third kappa shape index (κ3) is 4.69. The van der Waals surface area contributed by atoms with Gasteiger partial charge < -0.3 is 17.1 Å². The second-order valence-electron chi connectivity index (χ2n) is 4.71. The number of anilines is 1. The van der Waals surface area contributed by atoms with Crippen LogP contribution < -0.4 is 26.8 Å². The largest absolute Gasteiger partial charge is 1.00 e. The summed E-state index contributed by atoms with van der Waals surface area (Å²) in [6.07, 6.45) is 4.30. The van der Waals surface area contributed by atoms with Crippen LogP contribution >= 0.6 is 27.5 Å². The van der Waals surface area contributed by atoms with Gasteiger partial charge in [0.05, 0.1) is 9.50 Å². The summed E-state index contributed by atoms with van der Waals surface area (Å²) in [5.74, 6) is 0.797. The highest BCUT2D eigenvalue weighted by atomic mass is 79.9. The molecule has 0 radical (unpaired) electrons. The Kier molecular flexibility index (Phi) is 6.75. The first kappa shape index (κ1) is 19.2. The summed E-state index contributed by atoms with van der Waals surface area (Å²) < 4.78 is 7.58. The fourth-order valence-corrected chi connectivity index (χ4v) is 2.82. The number of hydrogen-bond acceptors (Lipinski definition) is 3. The average Bonchev–Trinajstić information content (AvgIpc) is 2.59. The lowest BCUT2D eigenvalue weighted by atomic mass is 10.3. The Hall–Kier alpha value is -2.15. The summed E-state index contributed by atoms with van der Waals surface area (Å²) in [7, 11) is 0. The van der Waals surface area contributed by atoms with Crippen LogP contribution in [0, 0.1) is 0 Å². The van der Waals surface area contributed by atoms with Gasteiger partial charge in [-0.25, -0.2) is 9.78 Å². The molecule has 8 heteroatoms. The zero-order valence-corrected chi connectivity index (χ0v) is 15.8. The number of nitrogens with zero attached hydrogens (tertiary/aromatic N) is 3. The Morgan fingerprint density at radius 2 is 1.76 bits per heavy atom. The minimum Gasteiger partial charge on any atom is -1.00 e. The molecule has 0 spiro atoms. The van der Waals surface area contributed by atoms with Crippen molar-refractivity contribution in [2.45, 2.75) is 0 Å². The smallest absolute Gasteiger partial charge is 0.475 e. The van der Waals surface area contributed by atoms with E-state index in [0.29, 0.717) is 21.1 Å². The second kappa shape index (κ2) is 8.80. The number of rotatable bonds is 3. The molecule has 0 unspecified atom stereocenters. The highest BCUT2D eigenvalue weighted by molar-refractivity contribution is 9.10. The predicted molar refractivity (Wildman–Crippen MR) is 93.9 cm³/mol. The zero-order chi connectivity index (χ0) is 16.9. The van der Waals surface area contributed by atoms with E-state index in [0.717, 1.165) is 0 Å². The molecular weight excluding hydrogens is 429 g/mol. The van der Waals surface area contributed by atoms with Gasteiger partial charge in [0.1, 0.15) is 5.75 Å². The monoisotopic (exact) mass is 439 g/mol. The molecule has 0 atom stereocenters. The van der Waals surface area contributed by atoms with Crippen molar-refractivity contribution in [3.8, 4) is 5.75 Å². The van der Waals surface area contributed by atoms with E-state index in [1.807, 2.05) is 12.1 Å². The fourth-order valence-electron chi connectivity index (χ4n) is 2.01. The molecule has 0 aliphatic carbocycles. The minimum absolute atomic E-state index is 0. The van der Waals surface area contributed by atoms with Gasteiger partial charge in [0.2, 0.25) is 18.2 Å². The summed E-state index contributed by atoms with van der Waals surface area (Å²) in [6, 6.07) is 15.9. The van der Waals surface area contributed by atoms with Gasteiger partial charge in [0.15, 0.2) is 0 Å². The lowest BCUT2D eigenvalue weighted by Gasteiger charge is -2.15. The number of carbonyl (C=O) groups excluding carboxylic acids is 1. The number of benzene rings is 1. The lowest BCUT2D eigenvalue weighted by molar-refractivity contribution is -0.675. The standard InChI is InChI=1S/C17H12BrClN3O2.ClH/c18-15-11-13(19)12-20-16(15)22(21-9-5-2-6-10-21)17(23)24-14-7-3-1-4-8-14;/h1-12H;1H/q+1;/p-1. The molecule has 1 aromatic carbocycles. The molecule has 3 aromatic rings. The Labute approximate surface area is 164 Å². The second-order valence-corrected chi connectivity index (χ2v) is 6.00. The Morgan fingerprint density at radius 3 is 2.40 bits per heavy atom. The fraction of sp³-hybridized carbons (Fsp3) is 0. The van der Waals surface area contributed by atoms with Gasteiger partial charge in [-0.05, 0) is 39.1 Å². The van der Waals surface area contributed by atoms with Crippen molar-refractivity contribution < 1.29 is 26.6 Å². The van der Waals surface area contributed by atoms with Gasteiger partial charge in [-0.3, -0.25) is 0 Å². The number of pyridine rings is 2. The molecule has 0 fully saturated rings. The van der Waals surface area contributed by atoms with Crippen LogP contribution in [0.25, 0.3) is 0 Å². The molecule has 0 aliphatic rings. The lowest BCUT2D eigenvalue weighted by Crippen LogP contribution is -3.00. The molecule has 2 aromatic heterocycles. The molecule has 0 saturated carbocycles. The van der Waals surface area contributed by atoms with Crippen LogP contribution in [0.3, 0.4) is 0 Å². The Morgan fingerprint density at radius 1 is 1.12 bits per heavy atom. The van der Waals surface area contributed by atoms with Crippen molar-refractivity contribution in [2.24, 2.45) is 0 Å². The molecule has 3 rings (SSSR count). The van der Waals surface area contributed by atoms with E-state index < -0.39 is 6.09 Å². The summed E-state index contributed by atoms with van der Waals surface area (Å²) >= 11 is 9.33. The van der Waals surface area contributed by atoms with E-state index in [9.17, 15) is 4.79 Å². The molecular formula is C17H12BrCl2N3O2. The molecule has 128 valence electrons. The summed E-state index contributed by atoms with van der Waals surface area (Å²) in [6.45, 7) is 0. The normalized spacial score (nSPS) is 9.84. The van der Waals surface area contributed by atoms with Crippen LogP contribution in [-0.2, 0) is 0 Å². The molecule has 25 heavy (non-hydrogen) atoms. The third-order valence-corrected chi connectivity index (χ3v) is 3.83. The van der Waals surface area contributed by atoms with Gasteiger partial charge >= 0.3 is 6.09 Å². The number of ether oxygens (including phenoxy) is 1. The molecule has 0 bridgehead atoms. The topological polar surface area (TPSA) is 46.3 Å². The first-order valence-electron chi connectivity index (χ1n) is 7.00. The number of aromatic nitrogens is 2. The van der Waals surface area contributed by atoms with Gasteiger partial charge in [-0.15, -0.1) is 0 Å². The minimum atomic E-state index is -0.604. The van der Waals surface area contributed by atoms with E-state index in [1.165, 1.54) is 11.2 Å². The zero-order valence-electron chi connectivity index (χ0n) is 12.7. The molecule has 1 amide bonds. The molecule has 2 heterocycles. The van der Waals surface area contributed by atoms with Crippen LogP contribution in [0.15, 0.2) is 77.7 Å². The van der Waals surface area contributed by atoms with Crippen LogP contribution in [0.4, 0.5) is 10.6 Å². The Bertz CT molecular complexity index is 851. The first-order valence-corrected chi connectivity index (χ1v) is 8.17. The van der Waals surface area contributed by atoms with Crippen molar-refractivity contribution in [1.82, 2.24) is 4.98 Å². The number of para-hydroxylation sites is 1. The van der Waals surface area contributed by atoms with E-state index in [2.05, 4.69) is 20.9 Å². The van der Waals surface area contributed by atoms with Crippen molar-refractivity contribution >= 4 is 39.4 Å². The van der Waals surface area contributed by atoms with E-state index in [4.69, 9.17) is 16.3 Å². The first-order chi connectivity index (χ1) is 11.6. The van der Waals surface area contributed by atoms with E-state index in [-0.39, 0.29) is 12.4 Å². The predicted octanol–water partition coefficient (Wildman–Crippen LogP) is 1.26. The number of amides is 1. The highest BCUT2D eigenvalue weighted by Gasteiger charge is 2.30. The maximum Gasteiger partial charge on any atom is 0.475 e. The maximum absolute atomic E-state index is 12.7. The van der Waals surface area contributed by atoms with Crippen molar-refractivity contribution in [1.29, 1.82) is 0 Å². The van der Waals surface area contributed by atoms with Crippen molar-refractivity contribution in [3.05, 3.63) is 82.7 Å². The quantitative estimate of drug-likeness (QED) is 0.576. The van der Waals surface area contributed by atoms with Gasteiger partial charge in [-0.2, -0.15) is 0 Å². The van der Waals surface area contributed by atoms with Crippen molar-refractivity contribution in [2.75, 3.05) is 5.01 Å². The maximum atomic E-state index is 12.7. The summed E-state index contributed by atoms with van der Waals surface area (Å²) in [5.41, 5.74) is 0. The van der Waals surface area contributed by atoms with Gasteiger partial charge in [-0.1, -0.05) is 40.5 Å². The van der Waals surface area contributed by atoms with Crippen LogP contribution in [-0.4, -0.2) is 11.1 Å². The average molecular weight is 441 g/mol. The molecule has 0 N–H and O–H groups in total. The summed E-state index contributed by atoms with van der Waals surface area (Å²) in [5, 5.41) is 1.76. The number of carbonyl (C=O) groups is 1. The number of halogens is 3. The van der Waals surface area contributed by atoms with Crippen molar-refractivity contribution in [3.63, 3.8) is 0 Å². The SMILES string of the molecule is O=C(Oc1ccccc1)N(c1ncc(Cl)cc1Br)[n+]1ccccc1.[Cl-]. The van der Waals surface area contributed by atoms with E-state index >= 15 is 0 Å². The van der Waals surface area contributed by atoms with Gasteiger partial charge in [0.25, 0.3) is 0 Å². The van der Waals surface area contributed by atoms with Crippen LogP contribution in [0.1, 0.15) is 0 Å². The third-order valence-electron chi connectivity index (χ3n) is 3.04. The van der Waals surface area contributed by atoms with E-state index in [1.54, 1.807) is 59.5 Å². The Balaban J connectivity index is 0.00000225. The molecule has 5 nitrogen and oxygen atoms in total.